The Balaban J connectivity index is 2.60. The zero-order chi connectivity index (χ0) is 12.4. The smallest absolute Gasteiger partial charge is 0.338 e. The van der Waals surface area contributed by atoms with Gasteiger partial charge in [-0.15, -0.1) is 0 Å². The maximum atomic E-state index is 11.7. The van der Waals surface area contributed by atoms with E-state index in [0.717, 1.165) is 24.8 Å². The van der Waals surface area contributed by atoms with Gasteiger partial charge in [-0.05, 0) is 41.3 Å². The van der Waals surface area contributed by atoms with Crippen molar-refractivity contribution in [2.24, 2.45) is 0 Å². The molecule has 1 aliphatic heterocycles. The normalized spacial score (nSPS) is 14.5. The maximum absolute atomic E-state index is 11.7. The van der Waals surface area contributed by atoms with Gasteiger partial charge in [0.05, 0.1) is 28.8 Å². The number of methoxy groups -OCH3 is 1. The molecule has 1 aromatic rings. The molecule has 0 saturated heterocycles. The summed E-state index contributed by atoms with van der Waals surface area (Å²) >= 11 is 9.47. The molecule has 3 nitrogen and oxygen atoms in total. The Morgan fingerprint density at radius 1 is 1.53 bits per heavy atom. The van der Waals surface area contributed by atoms with E-state index in [1.54, 1.807) is 6.07 Å². The number of ether oxygens (including phenoxy) is 2. The largest absolute Gasteiger partial charge is 0.492 e. The standard InChI is InChI=1S/C12H12BrClO3/c1-16-12(15)8-6-9(14)10(13)11-7(8)4-2-3-5-17-11/h6H,2-5H2,1H3. The Labute approximate surface area is 113 Å². The van der Waals surface area contributed by atoms with Crippen LogP contribution in [0.15, 0.2) is 10.5 Å². The number of carbonyl (C=O) groups excluding carboxylic acids is 1. The molecule has 0 N–H and O–H groups in total. The Kier molecular flexibility index (Phi) is 3.94. The van der Waals surface area contributed by atoms with Gasteiger partial charge in [-0.25, -0.2) is 4.79 Å². The molecule has 1 heterocycles. The molecule has 0 unspecified atom stereocenters. The molecule has 92 valence electrons. The molecule has 0 bridgehead atoms. The summed E-state index contributed by atoms with van der Waals surface area (Å²) in [5, 5.41) is 0.464. The van der Waals surface area contributed by atoms with E-state index >= 15 is 0 Å². The summed E-state index contributed by atoms with van der Waals surface area (Å²) in [6, 6.07) is 1.63. The summed E-state index contributed by atoms with van der Waals surface area (Å²) in [5.41, 5.74) is 1.38. The molecule has 0 radical (unpaired) electrons. The van der Waals surface area contributed by atoms with E-state index < -0.39 is 0 Å². The molecular weight excluding hydrogens is 307 g/mol. The van der Waals surface area contributed by atoms with Crippen LogP contribution in [0.1, 0.15) is 28.8 Å². The van der Waals surface area contributed by atoms with Gasteiger partial charge in [0.15, 0.2) is 0 Å². The van der Waals surface area contributed by atoms with Crippen molar-refractivity contribution < 1.29 is 14.3 Å². The molecule has 5 heteroatoms. The number of rotatable bonds is 1. The van der Waals surface area contributed by atoms with Crippen LogP contribution in [-0.2, 0) is 11.2 Å². The minimum absolute atomic E-state index is 0.374. The van der Waals surface area contributed by atoms with Crippen molar-refractivity contribution in [1.29, 1.82) is 0 Å². The molecule has 0 amide bonds. The van der Waals surface area contributed by atoms with Crippen LogP contribution in [0.25, 0.3) is 0 Å². The van der Waals surface area contributed by atoms with Gasteiger partial charge in [0.2, 0.25) is 0 Å². The van der Waals surface area contributed by atoms with Crippen LogP contribution in [0.3, 0.4) is 0 Å². The van der Waals surface area contributed by atoms with Crippen molar-refractivity contribution in [3.05, 3.63) is 26.7 Å². The number of carbonyl (C=O) groups is 1. The summed E-state index contributed by atoms with van der Waals surface area (Å²) in [6.45, 7) is 0.645. The monoisotopic (exact) mass is 318 g/mol. The predicted molar refractivity (Wildman–Crippen MR) is 68.9 cm³/mol. The van der Waals surface area contributed by atoms with Crippen molar-refractivity contribution in [3.8, 4) is 5.75 Å². The predicted octanol–water partition coefficient (Wildman–Crippen LogP) is 3.60. The van der Waals surface area contributed by atoms with Gasteiger partial charge in [-0.3, -0.25) is 0 Å². The van der Waals surface area contributed by atoms with Gasteiger partial charge in [-0.1, -0.05) is 11.6 Å². The lowest BCUT2D eigenvalue weighted by atomic mass is 10.0. The SMILES string of the molecule is COC(=O)c1cc(Cl)c(Br)c2c1CCCCO2. The summed E-state index contributed by atoms with van der Waals surface area (Å²) < 4.78 is 11.1. The highest BCUT2D eigenvalue weighted by Gasteiger charge is 2.23. The second kappa shape index (κ2) is 5.27. The lowest BCUT2D eigenvalue weighted by molar-refractivity contribution is 0.0599. The first-order chi connectivity index (χ1) is 8.15. The zero-order valence-corrected chi connectivity index (χ0v) is 11.7. The van der Waals surface area contributed by atoms with Crippen LogP contribution in [0.2, 0.25) is 5.02 Å². The molecule has 0 aliphatic carbocycles. The van der Waals surface area contributed by atoms with Crippen LogP contribution >= 0.6 is 27.5 Å². The third kappa shape index (κ3) is 2.43. The molecule has 0 aromatic heterocycles. The van der Waals surface area contributed by atoms with Gasteiger partial charge < -0.3 is 9.47 Å². The van der Waals surface area contributed by atoms with Crippen LogP contribution in [0.5, 0.6) is 5.75 Å². The number of halogens is 2. The van der Waals surface area contributed by atoms with Crippen molar-refractivity contribution in [1.82, 2.24) is 0 Å². The third-order valence-corrected chi connectivity index (χ3v) is 4.07. The number of benzene rings is 1. The molecule has 2 rings (SSSR count). The van der Waals surface area contributed by atoms with Crippen LogP contribution in [0.4, 0.5) is 0 Å². The van der Waals surface area contributed by atoms with E-state index in [0.29, 0.717) is 27.4 Å². The van der Waals surface area contributed by atoms with E-state index in [2.05, 4.69) is 15.9 Å². The molecule has 0 saturated carbocycles. The first-order valence-electron chi connectivity index (χ1n) is 5.37. The highest BCUT2D eigenvalue weighted by atomic mass is 79.9. The molecule has 1 aromatic carbocycles. The minimum atomic E-state index is -0.374. The molecule has 1 aliphatic rings. The summed E-state index contributed by atoms with van der Waals surface area (Å²) in [4.78, 5) is 11.7. The molecule has 17 heavy (non-hydrogen) atoms. The highest BCUT2D eigenvalue weighted by Crippen LogP contribution is 2.40. The van der Waals surface area contributed by atoms with Crippen molar-refractivity contribution in [2.75, 3.05) is 13.7 Å². The summed E-state index contributed by atoms with van der Waals surface area (Å²) in [5.74, 6) is 0.302. The lowest BCUT2D eigenvalue weighted by Crippen LogP contribution is -2.07. The number of hydrogen-bond donors (Lipinski definition) is 0. The fourth-order valence-corrected chi connectivity index (χ4v) is 2.57. The van der Waals surface area contributed by atoms with E-state index in [-0.39, 0.29) is 5.97 Å². The third-order valence-electron chi connectivity index (χ3n) is 2.75. The Morgan fingerprint density at radius 3 is 3.00 bits per heavy atom. The minimum Gasteiger partial charge on any atom is -0.492 e. The topological polar surface area (TPSA) is 35.5 Å². The lowest BCUT2D eigenvalue weighted by Gasteiger charge is -2.14. The van der Waals surface area contributed by atoms with Gasteiger partial charge in [0.25, 0.3) is 0 Å². The van der Waals surface area contributed by atoms with E-state index in [9.17, 15) is 4.79 Å². The first-order valence-corrected chi connectivity index (χ1v) is 6.54. The van der Waals surface area contributed by atoms with E-state index in [1.165, 1.54) is 7.11 Å². The molecule has 0 atom stereocenters. The second-order valence-electron chi connectivity index (χ2n) is 3.82. The number of hydrogen-bond acceptors (Lipinski definition) is 3. The van der Waals surface area contributed by atoms with Crippen molar-refractivity contribution in [2.45, 2.75) is 19.3 Å². The van der Waals surface area contributed by atoms with Crippen molar-refractivity contribution in [3.63, 3.8) is 0 Å². The average Bonchev–Trinajstić information content (AvgIpc) is 2.58. The van der Waals surface area contributed by atoms with E-state index in [4.69, 9.17) is 21.1 Å². The first kappa shape index (κ1) is 12.7. The van der Waals surface area contributed by atoms with Crippen LogP contribution in [0, 0.1) is 0 Å². The molecular formula is C12H12BrClO3. The van der Waals surface area contributed by atoms with E-state index in [1.807, 2.05) is 0 Å². The number of fused-ring (bicyclic) bond motifs is 1. The molecule has 0 spiro atoms. The summed E-state index contributed by atoms with van der Waals surface area (Å²) in [7, 11) is 1.36. The van der Waals surface area contributed by atoms with Crippen molar-refractivity contribution >= 4 is 33.5 Å². The maximum Gasteiger partial charge on any atom is 0.338 e. The van der Waals surface area contributed by atoms with Crippen LogP contribution in [-0.4, -0.2) is 19.7 Å². The Bertz CT molecular complexity index is 460. The van der Waals surface area contributed by atoms with Crippen LogP contribution < -0.4 is 4.74 Å². The quantitative estimate of drug-likeness (QED) is 0.742. The van der Waals surface area contributed by atoms with Gasteiger partial charge in [0, 0.05) is 5.56 Å². The zero-order valence-electron chi connectivity index (χ0n) is 9.39. The Hall–Kier alpha value is -0.740. The second-order valence-corrected chi connectivity index (χ2v) is 5.02. The fourth-order valence-electron chi connectivity index (χ4n) is 1.91. The molecule has 0 fully saturated rings. The highest BCUT2D eigenvalue weighted by molar-refractivity contribution is 9.10. The Morgan fingerprint density at radius 2 is 2.29 bits per heavy atom. The number of esters is 1. The summed E-state index contributed by atoms with van der Waals surface area (Å²) in [6.07, 6.45) is 2.76. The average molecular weight is 320 g/mol. The fraction of sp³-hybridized carbons (Fsp3) is 0.417. The van der Waals surface area contributed by atoms with Gasteiger partial charge in [-0.2, -0.15) is 0 Å². The van der Waals surface area contributed by atoms with Gasteiger partial charge in [0.1, 0.15) is 5.75 Å². The van der Waals surface area contributed by atoms with Gasteiger partial charge >= 0.3 is 5.97 Å².